The van der Waals surface area contributed by atoms with Crippen molar-refractivity contribution < 1.29 is 9.67 Å². The van der Waals surface area contributed by atoms with Crippen LogP contribution in [0.1, 0.15) is 13.3 Å². The number of rotatable bonds is 6. The molecule has 0 aromatic heterocycles. The maximum atomic E-state index is 13.5. The van der Waals surface area contributed by atoms with Crippen LogP contribution in [-0.2, 0) is 4.57 Å². The minimum Gasteiger partial charge on any atom is -0.395 e. The molecule has 1 atom stereocenters. The maximum absolute atomic E-state index is 13.5. The second-order valence-electron chi connectivity index (χ2n) is 4.70. The SMILES string of the molecule is CC[C@H](CO)NP(=O)(c1ccccc1)c1ccccc1. The summed E-state index contributed by atoms with van der Waals surface area (Å²) in [4.78, 5) is 0. The van der Waals surface area contributed by atoms with Gasteiger partial charge in [-0.05, 0) is 30.7 Å². The van der Waals surface area contributed by atoms with Crippen LogP contribution in [0, 0.1) is 0 Å². The van der Waals surface area contributed by atoms with E-state index in [1.165, 1.54) is 0 Å². The van der Waals surface area contributed by atoms with Gasteiger partial charge in [-0.3, -0.25) is 9.65 Å². The van der Waals surface area contributed by atoms with Crippen LogP contribution >= 0.6 is 7.29 Å². The Hall–Kier alpha value is -1.41. The van der Waals surface area contributed by atoms with E-state index in [4.69, 9.17) is 0 Å². The van der Waals surface area contributed by atoms with Crippen molar-refractivity contribution in [1.82, 2.24) is 5.09 Å². The van der Waals surface area contributed by atoms with Gasteiger partial charge in [-0.2, -0.15) is 0 Å². The van der Waals surface area contributed by atoms with Gasteiger partial charge in [-0.15, -0.1) is 0 Å². The lowest BCUT2D eigenvalue weighted by molar-refractivity contribution is 0.254. The molecule has 106 valence electrons. The summed E-state index contributed by atoms with van der Waals surface area (Å²) in [5.41, 5.74) is 0. The van der Waals surface area contributed by atoms with E-state index in [0.717, 1.165) is 17.0 Å². The first-order valence-electron chi connectivity index (χ1n) is 6.80. The quantitative estimate of drug-likeness (QED) is 0.802. The molecule has 0 aliphatic rings. The van der Waals surface area contributed by atoms with Crippen molar-refractivity contribution in [2.24, 2.45) is 0 Å². The molecule has 4 heteroatoms. The third-order valence-corrected chi connectivity index (χ3v) is 6.10. The van der Waals surface area contributed by atoms with Crippen molar-refractivity contribution in [3.63, 3.8) is 0 Å². The summed E-state index contributed by atoms with van der Waals surface area (Å²) in [7, 11) is -2.92. The molecule has 0 heterocycles. The fraction of sp³-hybridized carbons (Fsp3) is 0.250. The van der Waals surface area contributed by atoms with Gasteiger partial charge in [-0.1, -0.05) is 43.3 Å². The van der Waals surface area contributed by atoms with Gasteiger partial charge in [0.05, 0.1) is 6.61 Å². The van der Waals surface area contributed by atoms with Gasteiger partial charge < -0.3 is 5.11 Å². The fourth-order valence-corrected chi connectivity index (χ4v) is 4.65. The van der Waals surface area contributed by atoms with E-state index >= 15 is 0 Å². The normalized spacial score (nSPS) is 13.1. The van der Waals surface area contributed by atoms with Crippen molar-refractivity contribution in [1.29, 1.82) is 0 Å². The Morgan fingerprint density at radius 2 is 1.45 bits per heavy atom. The zero-order valence-corrected chi connectivity index (χ0v) is 12.5. The lowest BCUT2D eigenvalue weighted by atomic mass is 10.3. The van der Waals surface area contributed by atoms with E-state index in [2.05, 4.69) is 5.09 Å². The molecule has 0 spiro atoms. The lowest BCUT2D eigenvalue weighted by Gasteiger charge is -2.25. The smallest absolute Gasteiger partial charge is 0.204 e. The Morgan fingerprint density at radius 1 is 1.00 bits per heavy atom. The number of aliphatic hydroxyl groups is 1. The van der Waals surface area contributed by atoms with Gasteiger partial charge in [0.2, 0.25) is 7.29 Å². The molecule has 0 amide bonds. The number of hydrogen-bond donors (Lipinski definition) is 2. The molecule has 0 unspecified atom stereocenters. The van der Waals surface area contributed by atoms with Crippen molar-refractivity contribution in [2.75, 3.05) is 6.61 Å². The highest BCUT2D eigenvalue weighted by molar-refractivity contribution is 7.76. The van der Waals surface area contributed by atoms with Gasteiger partial charge >= 0.3 is 0 Å². The van der Waals surface area contributed by atoms with Crippen molar-refractivity contribution >= 4 is 17.9 Å². The van der Waals surface area contributed by atoms with Gasteiger partial charge in [0.15, 0.2) is 0 Å². The fourth-order valence-electron chi connectivity index (χ4n) is 2.09. The van der Waals surface area contributed by atoms with Crippen molar-refractivity contribution in [2.45, 2.75) is 19.4 Å². The Balaban J connectivity index is 2.47. The molecular weight excluding hydrogens is 269 g/mol. The highest BCUT2D eigenvalue weighted by Gasteiger charge is 2.29. The van der Waals surface area contributed by atoms with Crippen molar-refractivity contribution in [3.8, 4) is 0 Å². The molecule has 0 saturated heterocycles. The summed E-state index contributed by atoms with van der Waals surface area (Å²) in [6.45, 7) is 1.94. The topological polar surface area (TPSA) is 49.3 Å². The van der Waals surface area contributed by atoms with Crippen LogP contribution in [-0.4, -0.2) is 17.8 Å². The molecule has 0 aliphatic carbocycles. The first-order chi connectivity index (χ1) is 9.70. The van der Waals surface area contributed by atoms with Gasteiger partial charge in [-0.25, -0.2) is 0 Å². The average molecular weight is 289 g/mol. The van der Waals surface area contributed by atoms with Crippen LogP contribution in [0.5, 0.6) is 0 Å². The van der Waals surface area contributed by atoms with E-state index in [0.29, 0.717) is 0 Å². The maximum Gasteiger partial charge on any atom is 0.204 e. The second-order valence-corrected chi connectivity index (χ2v) is 7.21. The predicted molar refractivity (Wildman–Crippen MR) is 84.1 cm³/mol. The molecule has 2 rings (SSSR count). The molecule has 0 radical (unpaired) electrons. The molecule has 2 aromatic rings. The molecular formula is C16H20NO2P. The number of nitrogens with one attached hydrogen (secondary N) is 1. The third-order valence-electron chi connectivity index (χ3n) is 3.32. The van der Waals surface area contributed by atoms with Crippen LogP contribution in [0.25, 0.3) is 0 Å². The second kappa shape index (κ2) is 6.85. The summed E-state index contributed by atoms with van der Waals surface area (Å²) < 4.78 is 13.5. The molecule has 0 bridgehead atoms. The molecule has 20 heavy (non-hydrogen) atoms. The Morgan fingerprint density at radius 3 is 1.80 bits per heavy atom. The largest absolute Gasteiger partial charge is 0.395 e. The predicted octanol–water partition coefficient (Wildman–Crippen LogP) is 2.28. The molecule has 0 aliphatic heterocycles. The van der Waals surface area contributed by atoms with Crippen LogP contribution in [0.3, 0.4) is 0 Å². The third kappa shape index (κ3) is 3.18. The monoisotopic (exact) mass is 289 g/mol. The van der Waals surface area contributed by atoms with E-state index in [-0.39, 0.29) is 12.6 Å². The van der Waals surface area contributed by atoms with Gasteiger partial charge in [0.25, 0.3) is 0 Å². The molecule has 2 aromatic carbocycles. The van der Waals surface area contributed by atoms with Crippen molar-refractivity contribution in [3.05, 3.63) is 60.7 Å². The zero-order valence-electron chi connectivity index (χ0n) is 11.6. The minimum absolute atomic E-state index is 0.0276. The van der Waals surface area contributed by atoms with Gasteiger partial charge in [0, 0.05) is 16.7 Å². The standard InChI is InChI=1S/C16H20NO2P/c1-2-14(13-18)17-20(19,15-9-5-3-6-10-15)16-11-7-4-8-12-16/h3-12,14,18H,2,13H2,1H3,(H,17,19)/t14-/m1/s1. The summed E-state index contributed by atoms with van der Waals surface area (Å²) in [6, 6.07) is 18.6. The Bertz CT molecular complexity index is 524. The average Bonchev–Trinajstić information content (AvgIpc) is 2.54. The highest BCUT2D eigenvalue weighted by Crippen LogP contribution is 2.39. The van der Waals surface area contributed by atoms with E-state index < -0.39 is 7.29 Å². The summed E-state index contributed by atoms with van der Waals surface area (Å²) in [5.74, 6) is 0. The molecule has 2 N–H and O–H groups in total. The summed E-state index contributed by atoms with van der Waals surface area (Å²) in [5, 5.41) is 14.1. The van der Waals surface area contributed by atoms with E-state index in [1.54, 1.807) is 0 Å². The van der Waals surface area contributed by atoms with E-state index in [9.17, 15) is 9.67 Å². The van der Waals surface area contributed by atoms with Crippen LogP contribution in [0.2, 0.25) is 0 Å². The minimum atomic E-state index is -2.92. The Kier molecular flexibility index (Phi) is 5.13. The van der Waals surface area contributed by atoms with Gasteiger partial charge in [0.1, 0.15) is 0 Å². The van der Waals surface area contributed by atoms with Crippen LogP contribution < -0.4 is 15.7 Å². The molecule has 0 saturated carbocycles. The first-order valence-corrected chi connectivity index (χ1v) is 8.51. The van der Waals surface area contributed by atoms with E-state index in [1.807, 2.05) is 67.6 Å². The first kappa shape index (κ1) is 15.0. The zero-order chi connectivity index (χ0) is 14.4. The van der Waals surface area contributed by atoms with Crippen LogP contribution in [0.15, 0.2) is 60.7 Å². The summed E-state index contributed by atoms with van der Waals surface area (Å²) >= 11 is 0. The number of aliphatic hydroxyl groups excluding tert-OH is 1. The Labute approximate surface area is 120 Å². The number of hydrogen-bond acceptors (Lipinski definition) is 2. The molecule has 3 nitrogen and oxygen atoms in total. The highest BCUT2D eigenvalue weighted by atomic mass is 31.2. The lowest BCUT2D eigenvalue weighted by Crippen LogP contribution is -2.36. The summed E-state index contributed by atoms with van der Waals surface area (Å²) in [6.07, 6.45) is 0.722. The molecule has 0 fully saturated rings. The number of benzene rings is 2. The van der Waals surface area contributed by atoms with Crippen LogP contribution in [0.4, 0.5) is 0 Å².